The molecule has 2 nitrogen and oxygen atoms in total. The van der Waals surface area contributed by atoms with Gasteiger partial charge in [-0.15, -0.1) is 0 Å². The van der Waals surface area contributed by atoms with Crippen molar-refractivity contribution < 1.29 is 4.74 Å². The Labute approximate surface area is 89.4 Å². The smallest absolute Gasteiger partial charge is 0.0530 e. The molecule has 0 aromatic heterocycles. The van der Waals surface area contributed by atoms with Crippen molar-refractivity contribution >= 4 is 0 Å². The van der Waals surface area contributed by atoms with Crippen molar-refractivity contribution in [2.24, 2.45) is 11.3 Å². The van der Waals surface area contributed by atoms with Crippen LogP contribution in [0.15, 0.2) is 0 Å². The molecule has 0 spiro atoms. The summed E-state index contributed by atoms with van der Waals surface area (Å²) in [6, 6.07) is 0. The maximum Gasteiger partial charge on any atom is 0.0530 e. The van der Waals surface area contributed by atoms with Gasteiger partial charge >= 0.3 is 0 Å². The van der Waals surface area contributed by atoms with Gasteiger partial charge in [-0.25, -0.2) is 0 Å². The fraction of sp³-hybridized carbons (Fsp3) is 1.00. The summed E-state index contributed by atoms with van der Waals surface area (Å²) in [5.74, 6) is 0.740. The lowest BCUT2D eigenvalue weighted by molar-refractivity contribution is 0.0586. The third kappa shape index (κ3) is 4.97. The fourth-order valence-corrected chi connectivity index (χ4v) is 2.12. The third-order valence-corrected chi connectivity index (χ3v) is 2.79. The highest BCUT2D eigenvalue weighted by Gasteiger charge is 2.28. The van der Waals surface area contributed by atoms with Crippen LogP contribution < -0.4 is 5.32 Å². The molecule has 14 heavy (non-hydrogen) atoms. The molecule has 0 aromatic carbocycles. The Morgan fingerprint density at radius 1 is 1.29 bits per heavy atom. The maximum absolute atomic E-state index is 5.36. The zero-order valence-corrected chi connectivity index (χ0v) is 10.5. The second kappa shape index (κ2) is 7.24. The van der Waals surface area contributed by atoms with Crippen LogP contribution in [0.25, 0.3) is 0 Å². The van der Waals surface area contributed by atoms with Crippen molar-refractivity contribution in [1.82, 2.24) is 5.32 Å². The highest BCUT2D eigenvalue weighted by Crippen LogP contribution is 2.30. The quantitative estimate of drug-likeness (QED) is 0.652. The summed E-state index contributed by atoms with van der Waals surface area (Å²) in [4.78, 5) is 0. The van der Waals surface area contributed by atoms with Gasteiger partial charge in [0.15, 0.2) is 0 Å². The van der Waals surface area contributed by atoms with Gasteiger partial charge in [-0.1, -0.05) is 27.7 Å². The van der Waals surface area contributed by atoms with E-state index < -0.39 is 0 Å². The van der Waals surface area contributed by atoms with Gasteiger partial charge in [-0.05, 0) is 25.3 Å². The molecule has 0 aliphatic carbocycles. The van der Waals surface area contributed by atoms with Gasteiger partial charge in [-0.2, -0.15) is 0 Å². The minimum Gasteiger partial charge on any atom is -0.384 e. The van der Waals surface area contributed by atoms with Crippen LogP contribution in [0.5, 0.6) is 0 Å². The molecule has 0 aliphatic heterocycles. The van der Waals surface area contributed by atoms with Gasteiger partial charge in [0.1, 0.15) is 0 Å². The lowest BCUT2D eigenvalue weighted by Gasteiger charge is -2.34. The first-order valence-electron chi connectivity index (χ1n) is 5.80. The molecular formula is C12H27NO. The predicted octanol–water partition coefficient (Wildman–Crippen LogP) is 2.68. The van der Waals surface area contributed by atoms with Gasteiger partial charge < -0.3 is 10.1 Å². The minimum atomic E-state index is 0.332. The summed E-state index contributed by atoms with van der Waals surface area (Å²) >= 11 is 0. The standard InChI is InChI=1S/C12H27NO/c1-6-12(10-14-5,8-11(3)4)9-13-7-2/h11,13H,6-10H2,1-5H3. The average molecular weight is 201 g/mol. The first kappa shape index (κ1) is 13.9. The molecule has 0 bridgehead atoms. The first-order valence-corrected chi connectivity index (χ1v) is 5.80. The average Bonchev–Trinajstić information content (AvgIpc) is 2.14. The molecule has 1 N–H and O–H groups in total. The lowest BCUT2D eigenvalue weighted by atomic mass is 9.78. The van der Waals surface area contributed by atoms with E-state index in [9.17, 15) is 0 Å². The second-order valence-electron chi connectivity index (χ2n) is 4.66. The largest absolute Gasteiger partial charge is 0.384 e. The molecule has 0 saturated carbocycles. The molecule has 0 radical (unpaired) electrons. The summed E-state index contributed by atoms with van der Waals surface area (Å²) in [7, 11) is 1.80. The molecule has 0 aromatic rings. The predicted molar refractivity (Wildman–Crippen MR) is 62.6 cm³/mol. The monoisotopic (exact) mass is 201 g/mol. The zero-order chi connectivity index (χ0) is 11.0. The van der Waals surface area contributed by atoms with Crippen molar-refractivity contribution in [2.75, 3.05) is 26.8 Å². The summed E-state index contributed by atoms with van der Waals surface area (Å²) in [5.41, 5.74) is 0.332. The Balaban J connectivity index is 4.26. The van der Waals surface area contributed by atoms with E-state index in [2.05, 4.69) is 33.0 Å². The van der Waals surface area contributed by atoms with Crippen LogP contribution in [0.3, 0.4) is 0 Å². The molecular weight excluding hydrogens is 174 g/mol. The Hall–Kier alpha value is -0.0800. The molecule has 0 aliphatic rings. The highest BCUT2D eigenvalue weighted by atomic mass is 16.5. The molecule has 86 valence electrons. The molecule has 2 heteroatoms. The van der Waals surface area contributed by atoms with Crippen molar-refractivity contribution in [1.29, 1.82) is 0 Å². The molecule has 0 heterocycles. The van der Waals surface area contributed by atoms with Crippen LogP contribution in [-0.4, -0.2) is 26.8 Å². The Morgan fingerprint density at radius 3 is 2.29 bits per heavy atom. The van der Waals surface area contributed by atoms with E-state index in [0.29, 0.717) is 5.41 Å². The van der Waals surface area contributed by atoms with E-state index in [0.717, 1.165) is 25.6 Å². The highest BCUT2D eigenvalue weighted by molar-refractivity contribution is 4.81. The number of ether oxygens (including phenoxy) is 1. The Kier molecular flexibility index (Phi) is 7.20. The molecule has 0 rings (SSSR count). The van der Waals surface area contributed by atoms with Gasteiger partial charge in [0.05, 0.1) is 6.61 Å². The van der Waals surface area contributed by atoms with E-state index in [1.807, 2.05) is 0 Å². The Bertz CT molecular complexity index is 136. The van der Waals surface area contributed by atoms with Gasteiger partial charge in [0, 0.05) is 19.1 Å². The molecule has 0 fully saturated rings. The normalized spacial score (nSPS) is 15.9. The van der Waals surface area contributed by atoms with E-state index in [1.165, 1.54) is 12.8 Å². The van der Waals surface area contributed by atoms with Crippen LogP contribution in [-0.2, 0) is 4.74 Å². The fourth-order valence-electron chi connectivity index (χ4n) is 2.12. The van der Waals surface area contributed by atoms with Crippen LogP contribution in [0, 0.1) is 11.3 Å². The van der Waals surface area contributed by atoms with Crippen LogP contribution in [0.1, 0.15) is 40.5 Å². The van der Waals surface area contributed by atoms with Gasteiger partial charge in [0.2, 0.25) is 0 Å². The Morgan fingerprint density at radius 2 is 1.93 bits per heavy atom. The van der Waals surface area contributed by atoms with Gasteiger partial charge in [0.25, 0.3) is 0 Å². The maximum atomic E-state index is 5.36. The molecule has 1 atom stereocenters. The number of nitrogens with one attached hydrogen (secondary N) is 1. The van der Waals surface area contributed by atoms with Crippen LogP contribution >= 0.6 is 0 Å². The van der Waals surface area contributed by atoms with E-state index in [-0.39, 0.29) is 0 Å². The zero-order valence-electron chi connectivity index (χ0n) is 10.5. The second-order valence-corrected chi connectivity index (χ2v) is 4.66. The van der Waals surface area contributed by atoms with Crippen molar-refractivity contribution in [2.45, 2.75) is 40.5 Å². The number of hydrogen-bond donors (Lipinski definition) is 1. The van der Waals surface area contributed by atoms with Crippen LogP contribution in [0.2, 0.25) is 0 Å². The van der Waals surface area contributed by atoms with E-state index in [4.69, 9.17) is 4.74 Å². The molecule has 0 amide bonds. The molecule has 0 saturated heterocycles. The summed E-state index contributed by atoms with van der Waals surface area (Å²) in [5, 5.41) is 3.45. The van der Waals surface area contributed by atoms with Gasteiger partial charge in [-0.3, -0.25) is 0 Å². The minimum absolute atomic E-state index is 0.332. The topological polar surface area (TPSA) is 21.3 Å². The van der Waals surface area contributed by atoms with Crippen molar-refractivity contribution in [3.05, 3.63) is 0 Å². The van der Waals surface area contributed by atoms with E-state index in [1.54, 1.807) is 7.11 Å². The number of methoxy groups -OCH3 is 1. The van der Waals surface area contributed by atoms with Crippen molar-refractivity contribution in [3.8, 4) is 0 Å². The summed E-state index contributed by atoms with van der Waals surface area (Å²) < 4.78 is 5.36. The SMILES string of the molecule is CCNCC(CC)(COC)CC(C)C. The number of rotatable bonds is 8. The summed E-state index contributed by atoms with van der Waals surface area (Å²) in [6.07, 6.45) is 2.43. The first-order chi connectivity index (χ1) is 6.60. The lowest BCUT2D eigenvalue weighted by Crippen LogP contribution is -2.38. The third-order valence-electron chi connectivity index (χ3n) is 2.79. The molecule has 1 unspecified atom stereocenters. The number of hydrogen-bond acceptors (Lipinski definition) is 2. The van der Waals surface area contributed by atoms with Crippen LogP contribution in [0.4, 0.5) is 0 Å². The van der Waals surface area contributed by atoms with Crippen molar-refractivity contribution in [3.63, 3.8) is 0 Å². The summed E-state index contributed by atoms with van der Waals surface area (Å²) in [6.45, 7) is 12.0. The van der Waals surface area contributed by atoms with E-state index >= 15 is 0 Å².